The van der Waals surface area contributed by atoms with E-state index < -0.39 is 5.97 Å². The molecule has 0 atom stereocenters. The minimum absolute atomic E-state index is 0.148. The van der Waals surface area contributed by atoms with E-state index in [1.807, 2.05) is 35.7 Å². The van der Waals surface area contributed by atoms with Crippen molar-refractivity contribution in [3.8, 4) is 10.8 Å². The Balaban J connectivity index is 1.81. The summed E-state index contributed by atoms with van der Waals surface area (Å²) in [5.41, 5.74) is 1.06. The highest BCUT2D eigenvalue weighted by molar-refractivity contribution is 9.10. The van der Waals surface area contributed by atoms with Gasteiger partial charge in [0.15, 0.2) is 22.4 Å². The van der Waals surface area contributed by atoms with Crippen molar-refractivity contribution in [2.45, 2.75) is 13.5 Å². The van der Waals surface area contributed by atoms with Crippen LogP contribution >= 0.6 is 27.3 Å². The number of benzene rings is 1. The Kier molecular flexibility index (Phi) is 4.35. The molecule has 0 aliphatic rings. The zero-order chi connectivity index (χ0) is 15.5. The Morgan fingerprint density at radius 1 is 1.32 bits per heavy atom. The molecule has 3 aromatic rings. The summed E-state index contributed by atoms with van der Waals surface area (Å²) in [5.74, 6) is 0.210. The molecule has 0 aliphatic carbocycles. The molecular formula is C15H11BrN2O3S. The van der Waals surface area contributed by atoms with Crippen LogP contribution in [0, 0.1) is 6.92 Å². The predicted molar refractivity (Wildman–Crippen MR) is 85.6 cm³/mol. The summed E-state index contributed by atoms with van der Waals surface area (Å²) in [6.45, 7) is 1.87. The fraction of sp³-hybridized carbons (Fsp3) is 0.133. The van der Waals surface area contributed by atoms with Crippen molar-refractivity contribution in [1.29, 1.82) is 0 Å². The van der Waals surface area contributed by atoms with Crippen molar-refractivity contribution in [3.05, 3.63) is 57.5 Å². The maximum atomic E-state index is 12.3. The second kappa shape index (κ2) is 6.41. The Hall–Kier alpha value is -1.99. The lowest BCUT2D eigenvalue weighted by molar-refractivity contribution is 0.0467. The normalized spacial score (nSPS) is 10.6. The van der Waals surface area contributed by atoms with E-state index in [0.717, 1.165) is 5.56 Å². The molecule has 0 unspecified atom stereocenters. The third-order valence-corrected chi connectivity index (χ3v) is 4.36. The van der Waals surface area contributed by atoms with Gasteiger partial charge < -0.3 is 9.15 Å². The highest BCUT2D eigenvalue weighted by Crippen LogP contribution is 2.30. The molecule has 2 aromatic heterocycles. The van der Waals surface area contributed by atoms with Crippen LogP contribution in [0.1, 0.15) is 21.9 Å². The average molecular weight is 379 g/mol. The number of nitrogens with zero attached hydrogens (tertiary/aromatic N) is 2. The van der Waals surface area contributed by atoms with Gasteiger partial charge in [-0.15, -0.1) is 11.3 Å². The smallest absolute Gasteiger partial charge is 0.361 e. The molecule has 0 radical (unpaired) electrons. The first-order chi connectivity index (χ1) is 10.6. The third kappa shape index (κ3) is 3.26. The van der Waals surface area contributed by atoms with Crippen LogP contribution in [0.25, 0.3) is 10.8 Å². The van der Waals surface area contributed by atoms with E-state index >= 15 is 0 Å². The molecule has 0 spiro atoms. The maximum absolute atomic E-state index is 12.3. The first-order valence-electron chi connectivity index (χ1n) is 6.43. The summed E-state index contributed by atoms with van der Waals surface area (Å²) < 4.78 is 11.5. The number of carbonyl (C=O) groups is 1. The van der Waals surface area contributed by atoms with Crippen LogP contribution < -0.4 is 0 Å². The number of carbonyl (C=O) groups excluding carboxylic acids is 1. The van der Waals surface area contributed by atoms with Gasteiger partial charge in [-0.1, -0.05) is 30.3 Å². The lowest BCUT2D eigenvalue weighted by atomic mass is 10.2. The number of halogens is 1. The van der Waals surface area contributed by atoms with Crippen molar-refractivity contribution in [2.75, 3.05) is 0 Å². The van der Waals surface area contributed by atoms with Gasteiger partial charge in [-0.3, -0.25) is 0 Å². The second-order valence-electron chi connectivity index (χ2n) is 4.45. The first kappa shape index (κ1) is 14.9. The van der Waals surface area contributed by atoms with Gasteiger partial charge in [0.25, 0.3) is 0 Å². The topological polar surface area (TPSA) is 65.2 Å². The number of aryl methyl sites for hydroxylation is 1. The number of hydrogen-bond donors (Lipinski definition) is 0. The monoisotopic (exact) mass is 378 g/mol. The first-order valence-corrected chi connectivity index (χ1v) is 8.10. The van der Waals surface area contributed by atoms with E-state index in [4.69, 9.17) is 9.15 Å². The van der Waals surface area contributed by atoms with Gasteiger partial charge in [0.2, 0.25) is 0 Å². The predicted octanol–water partition coefficient (Wildman–Crippen LogP) is 4.23. The summed E-state index contributed by atoms with van der Waals surface area (Å²) in [6, 6.07) is 9.47. The minimum Gasteiger partial charge on any atom is -0.456 e. The Labute approximate surface area is 139 Å². The number of ether oxygens (including phenoxy) is 1. The molecule has 5 nitrogen and oxygen atoms in total. The molecule has 7 heteroatoms. The number of aromatic nitrogens is 2. The number of hydrogen-bond acceptors (Lipinski definition) is 6. The van der Waals surface area contributed by atoms with Crippen molar-refractivity contribution >= 4 is 33.2 Å². The van der Waals surface area contributed by atoms with Crippen molar-refractivity contribution in [2.24, 2.45) is 0 Å². The van der Waals surface area contributed by atoms with Crippen LogP contribution in [0.5, 0.6) is 0 Å². The van der Waals surface area contributed by atoms with Crippen LogP contribution in [0.3, 0.4) is 0 Å². The molecule has 0 aliphatic heterocycles. The fourth-order valence-corrected chi connectivity index (χ4v) is 3.09. The summed E-state index contributed by atoms with van der Waals surface area (Å²) in [6.07, 6.45) is 0. The number of thiazole rings is 1. The Morgan fingerprint density at radius 3 is 2.77 bits per heavy atom. The van der Waals surface area contributed by atoms with E-state index in [1.54, 1.807) is 6.92 Å². The quantitative estimate of drug-likeness (QED) is 0.635. The van der Waals surface area contributed by atoms with E-state index in [2.05, 4.69) is 25.9 Å². The van der Waals surface area contributed by atoms with Gasteiger partial charge >= 0.3 is 5.97 Å². The van der Waals surface area contributed by atoms with E-state index in [-0.39, 0.29) is 12.3 Å². The van der Waals surface area contributed by atoms with Gasteiger partial charge in [-0.05, 0) is 21.5 Å². The molecule has 3 rings (SSSR count). The highest BCUT2D eigenvalue weighted by Gasteiger charge is 2.23. The molecule has 1 aromatic carbocycles. The zero-order valence-corrected chi connectivity index (χ0v) is 14.0. The fourth-order valence-electron chi connectivity index (χ4n) is 1.86. The van der Waals surface area contributed by atoms with Gasteiger partial charge in [0, 0.05) is 12.3 Å². The maximum Gasteiger partial charge on any atom is 0.361 e. The van der Waals surface area contributed by atoms with E-state index in [0.29, 0.717) is 21.3 Å². The third-order valence-electron chi connectivity index (χ3n) is 2.81. The molecule has 112 valence electrons. The van der Waals surface area contributed by atoms with Gasteiger partial charge in [-0.2, -0.15) is 0 Å². The summed E-state index contributed by atoms with van der Waals surface area (Å²) in [4.78, 5) is 20.6. The molecule has 2 heterocycles. The highest BCUT2D eigenvalue weighted by atomic mass is 79.9. The molecule has 0 saturated carbocycles. The average Bonchev–Trinajstić information content (AvgIpc) is 3.11. The van der Waals surface area contributed by atoms with Crippen LogP contribution in [-0.4, -0.2) is 15.9 Å². The van der Waals surface area contributed by atoms with Crippen molar-refractivity contribution < 1.29 is 13.9 Å². The summed E-state index contributed by atoms with van der Waals surface area (Å²) >= 11 is 4.64. The molecule has 0 N–H and O–H groups in total. The number of esters is 1. The van der Waals surface area contributed by atoms with Crippen LogP contribution in [0.4, 0.5) is 0 Å². The van der Waals surface area contributed by atoms with E-state index in [1.165, 1.54) is 11.3 Å². The Bertz CT molecular complexity index is 798. The molecular weight excluding hydrogens is 368 g/mol. The lowest BCUT2D eigenvalue weighted by Gasteiger charge is -2.03. The molecule has 0 amide bonds. The molecule has 0 bridgehead atoms. The largest absolute Gasteiger partial charge is 0.456 e. The molecule has 0 fully saturated rings. The summed E-state index contributed by atoms with van der Waals surface area (Å²) in [5, 5.41) is 2.39. The zero-order valence-electron chi connectivity index (χ0n) is 11.6. The van der Waals surface area contributed by atoms with Gasteiger partial charge in [-0.25, -0.2) is 14.8 Å². The number of oxazole rings is 1. The summed E-state index contributed by atoms with van der Waals surface area (Å²) in [7, 11) is 0. The van der Waals surface area contributed by atoms with Crippen LogP contribution in [0.15, 0.2) is 44.7 Å². The number of rotatable bonds is 4. The van der Waals surface area contributed by atoms with Gasteiger partial charge in [0.1, 0.15) is 11.2 Å². The lowest BCUT2D eigenvalue weighted by Crippen LogP contribution is -2.07. The minimum atomic E-state index is -0.526. The SMILES string of the molecule is Cc1nc(C(=O)OCc2ccccc2)c(-c2nc(Br)cs2)o1. The van der Waals surface area contributed by atoms with Crippen LogP contribution in [-0.2, 0) is 11.3 Å². The molecule has 22 heavy (non-hydrogen) atoms. The second-order valence-corrected chi connectivity index (χ2v) is 6.12. The van der Waals surface area contributed by atoms with Crippen molar-refractivity contribution in [1.82, 2.24) is 9.97 Å². The van der Waals surface area contributed by atoms with Crippen molar-refractivity contribution in [3.63, 3.8) is 0 Å². The standard InChI is InChI=1S/C15H11BrN2O3S/c1-9-17-12(13(21-9)14-18-11(16)8-22-14)15(19)20-7-10-5-3-2-4-6-10/h2-6,8H,7H2,1H3. The van der Waals surface area contributed by atoms with Crippen LogP contribution in [0.2, 0.25) is 0 Å². The van der Waals surface area contributed by atoms with E-state index in [9.17, 15) is 4.79 Å². The Morgan fingerprint density at radius 2 is 2.09 bits per heavy atom. The van der Waals surface area contributed by atoms with Gasteiger partial charge in [0.05, 0.1) is 0 Å². The molecule has 0 saturated heterocycles.